The maximum atomic E-state index is 13.7. The van der Waals surface area contributed by atoms with Gasteiger partial charge in [-0.05, 0) is 42.5 Å². The summed E-state index contributed by atoms with van der Waals surface area (Å²) < 4.78 is 46.4. The van der Waals surface area contributed by atoms with E-state index in [2.05, 4.69) is 23.8 Å². The average molecular weight is 388 g/mol. The van der Waals surface area contributed by atoms with Crippen molar-refractivity contribution in [2.75, 3.05) is 6.61 Å². The first-order chi connectivity index (χ1) is 13.3. The first kappa shape index (κ1) is 20.1. The van der Waals surface area contributed by atoms with Crippen LogP contribution in [0.25, 0.3) is 22.2 Å². The molecule has 0 unspecified atom stereocenters. The van der Waals surface area contributed by atoms with E-state index in [-0.39, 0.29) is 17.2 Å². The van der Waals surface area contributed by atoms with E-state index in [1.807, 2.05) is 6.92 Å². The molecule has 0 amide bonds. The normalized spacial score (nSPS) is 12.7. The van der Waals surface area contributed by atoms with Crippen molar-refractivity contribution in [3.63, 3.8) is 0 Å². The second-order valence-corrected chi connectivity index (χ2v) is 7.47. The molecule has 0 radical (unpaired) electrons. The third-order valence-corrected chi connectivity index (χ3v) is 4.51. The number of hydrogen-bond donors (Lipinski definition) is 0. The summed E-state index contributed by atoms with van der Waals surface area (Å²) in [6.07, 6.45) is 1.12. The Bertz CT molecular complexity index is 960. The van der Waals surface area contributed by atoms with E-state index in [0.717, 1.165) is 6.42 Å². The Labute approximate surface area is 162 Å². The Balaban J connectivity index is 1.93. The van der Waals surface area contributed by atoms with Crippen LogP contribution >= 0.6 is 0 Å². The van der Waals surface area contributed by atoms with Gasteiger partial charge in [0.1, 0.15) is 11.6 Å². The molecule has 1 aromatic carbocycles. The number of rotatable bonds is 7. The summed E-state index contributed by atoms with van der Waals surface area (Å²) in [4.78, 5) is 8.46. The van der Waals surface area contributed by atoms with Crippen LogP contribution in [0, 0.1) is 17.7 Å². The standard InChI is InChI=1S/C22H23F3N2O/c1-13(2)8-14(3)12-28-21-11-27-20(10-18(21)22(24)25)17-6-7-26-19-9-15(23)4-5-16(17)19/h4-7,9-11,13-14,22H,8,12H2,1-3H3/t14-/m0/s1. The molecule has 2 heterocycles. The van der Waals surface area contributed by atoms with Gasteiger partial charge < -0.3 is 4.74 Å². The zero-order valence-electron chi connectivity index (χ0n) is 16.1. The minimum Gasteiger partial charge on any atom is -0.491 e. The van der Waals surface area contributed by atoms with Gasteiger partial charge >= 0.3 is 0 Å². The van der Waals surface area contributed by atoms with E-state index < -0.39 is 12.2 Å². The van der Waals surface area contributed by atoms with Crippen molar-refractivity contribution in [1.29, 1.82) is 0 Å². The van der Waals surface area contributed by atoms with Crippen molar-refractivity contribution in [2.24, 2.45) is 11.8 Å². The van der Waals surface area contributed by atoms with Crippen LogP contribution in [-0.2, 0) is 0 Å². The molecular formula is C22H23F3N2O. The molecular weight excluding hydrogens is 365 g/mol. The number of benzene rings is 1. The molecule has 3 nitrogen and oxygen atoms in total. The van der Waals surface area contributed by atoms with E-state index in [4.69, 9.17) is 4.74 Å². The summed E-state index contributed by atoms with van der Waals surface area (Å²) in [5.41, 5.74) is 1.23. The highest BCUT2D eigenvalue weighted by Crippen LogP contribution is 2.34. The smallest absolute Gasteiger partial charge is 0.267 e. The van der Waals surface area contributed by atoms with Gasteiger partial charge in [-0.3, -0.25) is 9.97 Å². The summed E-state index contributed by atoms with van der Waals surface area (Å²) in [7, 11) is 0. The minimum absolute atomic E-state index is 0.0961. The number of halogens is 3. The van der Waals surface area contributed by atoms with Crippen molar-refractivity contribution in [3.8, 4) is 17.0 Å². The molecule has 0 N–H and O–H groups in total. The van der Waals surface area contributed by atoms with E-state index in [0.29, 0.717) is 34.7 Å². The molecule has 1 atom stereocenters. The number of nitrogens with zero attached hydrogens (tertiary/aromatic N) is 2. The van der Waals surface area contributed by atoms with E-state index in [1.54, 1.807) is 12.1 Å². The zero-order chi connectivity index (χ0) is 20.3. The van der Waals surface area contributed by atoms with E-state index in [9.17, 15) is 13.2 Å². The fourth-order valence-electron chi connectivity index (χ4n) is 3.35. The predicted octanol–water partition coefficient (Wildman–Crippen LogP) is 6.43. The van der Waals surface area contributed by atoms with Crippen molar-refractivity contribution in [3.05, 3.63) is 54.1 Å². The SMILES string of the molecule is CC(C)C[C@H](C)COc1cnc(-c2ccnc3cc(F)ccc23)cc1C(F)F. The summed E-state index contributed by atoms with van der Waals surface area (Å²) in [5.74, 6) is 0.458. The number of ether oxygens (including phenoxy) is 1. The predicted molar refractivity (Wildman–Crippen MR) is 104 cm³/mol. The summed E-state index contributed by atoms with van der Waals surface area (Å²) >= 11 is 0. The van der Waals surface area contributed by atoms with Crippen molar-refractivity contribution < 1.29 is 17.9 Å². The molecule has 3 rings (SSSR count). The molecule has 3 aromatic rings. The molecule has 2 aromatic heterocycles. The lowest BCUT2D eigenvalue weighted by atomic mass is 10.00. The number of hydrogen-bond acceptors (Lipinski definition) is 3. The fourth-order valence-corrected chi connectivity index (χ4v) is 3.35. The monoisotopic (exact) mass is 388 g/mol. The highest BCUT2D eigenvalue weighted by molar-refractivity contribution is 5.93. The quantitative estimate of drug-likeness (QED) is 0.467. The molecule has 28 heavy (non-hydrogen) atoms. The van der Waals surface area contributed by atoms with Gasteiger partial charge in [0.05, 0.1) is 29.6 Å². The van der Waals surface area contributed by atoms with Gasteiger partial charge in [-0.1, -0.05) is 20.8 Å². The lowest BCUT2D eigenvalue weighted by Crippen LogP contribution is -2.12. The van der Waals surface area contributed by atoms with Crippen LogP contribution in [0.15, 0.2) is 42.7 Å². The van der Waals surface area contributed by atoms with Crippen LogP contribution in [0.2, 0.25) is 0 Å². The van der Waals surface area contributed by atoms with Gasteiger partial charge in [-0.25, -0.2) is 13.2 Å². The largest absolute Gasteiger partial charge is 0.491 e. The Hall–Kier alpha value is -2.63. The summed E-state index contributed by atoms with van der Waals surface area (Å²) in [6, 6.07) is 7.22. The van der Waals surface area contributed by atoms with Gasteiger partial charge in [0.25, 0.3) is 6.43 Å². The van der Waals surface area contributed by atoms with Crippen LogP contribution < -0.4 is 4.74 Å². The first-order valence-electron chi connectivity index (χ1n) is 9.30. The topological polar surface area (TPSA) is 35.0 Å². The van der Waals surface area contributed by atoms with Gasteiger partial charge in [-0.15, -0.1) is 0 Å². The first-order valence-corrected chi connectivity index (χ1v) is 9.30. The molecule has 0 aliphatic heterocycles. The number of pyridine rings is 2. The third kappa shape index (κ3) is 4.61. The van der Waals surface area contributed by atoms with Crippen LogP contribution in [0.3, 0.4) is 0 Å². The summed E-state index contributed by atoms with van der Waals surface area (Å²) in [6.45, 7) is 6.62. The number of fused-ring (bicyclic) bond motifs is 1. The lowest BCUT2D eigenvalue weighted by Gasteiger charge is -2.17. The zero-order valence-corrected chi connectivity index (χ0v) is 16.1. The molecule has 0 spiro atoms. The highest BCUT2D eigenvalue weighted by atomic mass is 19.3. The minimum atomic E-state index is -2.69. The highest BCUT2D eigenvalue weighted by Gasteiger charge is 2.18. The van der Waals surface area contributed by atoms with Crippen LogP contribution in [0.5, 0.6) is 5.75 Å². The van der Waals surface area contributed by atoms with Gasteiger partial charge in [0.15, 0.2) is 0 Å². The molecule has 0 bridgehead atoms. The second-order valence-electron chi connectivity index (χ2n) is 7.47. The van der Waals surface area contributed by atoms with E-state index >= 15 is 0 Å². The molecule has 148 valence electrons. The van der Waals surface area contributed by atoms with Gasteiger partial charge in [0, 0.05) is 23.2 Å². The fraction of sp³-hybridized carbons (Fsp3) is 0.364. The number of aromatic nitrogens is 2. The Morgan fingerprint density at radius 3 is 2.54 bits per heavy atom. The molecule has 0 fully saturated rings. The second kappa shape index (κ2) is 8.59. The maximum absolute atomic E-state index is 13.7. The summed E-state index contributed by atoms with van der Waals surface area (Å²) in [5, 5.41) is 0.649. The maximum Gasteiger partial charge on any atom is 0.267 e. The third-order valence-electron chi connectivity index (χ3n) is 4.51. The number of alkyl halides is 2. The van der Waals surface area contributed by atoms with Crippen molar-refractivity contribution in [1.82, 2.24) is 9.97 Å². The van der Waals surface area contributed by atoms with Crippen LogP contribution in [0.4, 0.5) is 13.2 Å². The van der Waals surface area contributed by atoms with Gasteiger partial charge in [0.2, 0.25) is 0 Å². The molecule has 0 saturated carbocycles. The van der Waals surface area contributed by atoms with Crippen molar-refractivity contribution in [2.45, 2.75) is 33.6 Å². The molecule has 0 aliphatic rings. The Morgan fingerprint density at radius 1 is 1.04 bits per heavy atom. The van der Waals surface area contributed by atoms with Crippen LogP contribution in [0.1, 0.15) is 39.2 Å². The average Bonchev–Trinajstić information content (AvgIpc) is 2.65. The Kier molecular flexibility index (Phi) is 6.17. The lowest BCUT2D eigenvalue weighted by molar-refractivity contribution is 0.142. The molecule has 6 heteroatoms. The van der Waals surface area contributed by atoms with Gasteiger partial charge in [-0.2, -0.15) is 0 Å². The Morgan fingerprint density at radius 2 is 1.82 bits per heavy atom. The molecule has 0 saturated heterocycles. The van der Waals surface area contributed by atoms with Crippen LogP contribution in [-0.4, -0.2) is 16.6 Å². The molecule has 0 aliphatic carbocycles. The van der Waals surface area contributed by atoms with Crippen molar-refractivity contribution >= 4 is 10.9 Å². The van der Waals surface area contributed by atoms with E-state index in [1.165, 1.54) is 30.6 Å².